The molecule has 138 valence electrons. The lowest BCUT2D eigenvalue weighted by Crippen LogP contribution is -2.35. The standard InChI is InChI=1S/C21H20N2O3S/c1-16(20-12-7-15-27-20)22-23-21(24)18-10-5-6-11-19(18)26-14-13-25-17-8-3-2-4-9-17/h2-12,15,22H,1,13-14H2,(H,23,24). The number of carbonyl (C=O) groups excluding carboxylic acids is 1. The molecule has 1 heterocycles. The average molecular weight is 380 g/mol. The summed E-state index contributed by atoms with van der Waals surface area (Å²) < 4.78 is 11.3. The van der Waals surface area contributed by atoms with Crippen LogP contribution >= 0.6 is 11.3 Å². The Hall–Kier alpha value is -3.25. The molecule has 0 fully saturated rings. The zero-order valence-electron chi connectivity index (χ0n) is 14.7. The van der Waals surface area contributed by atoms with E-state index >= 15 is 0 Å². The molecule has 6 heteroatoms. The minimum absolute atomic E-state index is 0.299. The number of amides is 1. The molecule has 0 aliphatic carbocycles. The quantitative estimate of drug-likeness (QED) is 0.433. The topological polar surface area (TPSA) is 59.6 Å². The molecule has 5 nitrogen and oxygen atoms in total. The van der Waals surface area contributed by atoms with E-state index in [9.17, 15) is 4.79 Å². The summed E-state index contributed by atoms with van der Waals surface area (Å²) in [6.07, 6.45) is 0. The third-order valence-electron chi connectivity index (χ3n) is 3.63. The van der Waals surface area contributed by atoms with Crippen LogP contribution in [0.1, 0.15) is 15.2 Å². The molecule has 2 aromatic carbocycles. The average Bonchev–Trinajstić information content (AvgIpc) is 3.25. The Balaban J connectivity index is 1.51. The fraction of sp³-hybridized carbons (Fsp3) is 0.0952. The lowest BCUT2D eigenvalue weighted by molar-refractivity contribution is 0.0937. The van der Waals surface area contributed by atoms with Gasteiger partial charge in [-0.2, -0.15) is 0 Å². The highest BCUT2D eigenvalue weighted by molar-refractivity contribution is 7.11. The van der Waals surface area contributed by atoms with Gasteiger partial charge in [0.1, 0.15) is 24.7 Å². The first-order valence-corrected chi connectivity index (χ1v) is 9.31. The molecule has 0 aliphatic rings. The van der Waals surface area contributed by atoms with Gasteiger partial charge in [-0.15, -0.1) is 11.3 Å². The van der Waals surface area contributed by atoms with Gasteiger partial charge in [-0.25, -0.2) is 0 Å². The summed E-state index contributed by atoms with van der Waals surface area (Å²) in [5.74, 6) is 0.978. The molecule has 1 amide bonds. The number of ether oxygens (including phenoxy) is 2. The van der Waals surface area contributed by atoms with Gasteiger partial charge in [-0.1, -0.05) is 43.0 Å². The SMILES string of the molecule is C=C(NNC(=O)c1ccccc1OCCOc1ccccc1)c1cccs1. The van der Waals surface area contributed by atoms with Crippen molar-refractivity contribution in [3.05, 3.63) is 89.1 Å². The minimum atomic E-state index is -0.299. The Morgan fingerprint density at radius 1 is 0.889 bits per heavy atom. The van der Waals surface area contributed by atoms with Crippen LogP contribution in [0.4, 0.5) is 0 Å². The van der Waals surface area contributed by atoms with Gasteiger partial charge in [0.25, 0.3) is 5.91 Å². The van der Waals surface area contributed by atoms with Crippen molar-refractivity contribution in [2.45, 2.75) is 0 Å². The summed E-state index contributed by atoms with van der Waals surface area (Å²) in [5, 5.41) is 1.95. The van der Waals surface area contributed by atoms with Crippen molar-refractivity contribution in [1.29, 1.82) is 0 Å². The molecule has 3 aromatic rings. The molecule has 3 rings (SSSR count). The molecule has 0 bridgehead atoms. The summed E-state index contributed by atoms with van der Waals surface area (Å²) in [5.41, 5.74) is 6.55. The van der Waals surface area contributed by atoms with Crippen molar-refractivity contribution in [2.75, 3.05) is 13.2 Å². The van der Waals surface area contributed by atoms with E-state index in [1.807, 2.05) is 53.9 Å². The van der Waals surface area contributed by atoms with Crippen LogP contribution in [0.5, 0.6) is 11.5 Å². The van der Waals surface area contributed by atoms with E-state index in [1.54, 1.807) is 29.5 Å². The second-order valence-electron chi connectivity index (χ2n) is 5.54. The summed E-state index contributed by atoms with van der Waals surface area (Å²) in [6.45, 7) is 4.62. The predicted octanol–water partition coefficient (Wildman–Crippen LogP) is 4.11. The number of hydrogen-bond acceptors (Lipinski definition) is 5. The molecule has 0 radical (unpaired) electrons. The van der Waals surface area contributed by atoms with Crippen molar-refractivity contribution >= 4 is 22.9 Å². The van der Waals surface area contributed by atoms with E-state index in [-0.39, 0.29) is 5.91 Å². The number of rotatable bonds is 9. The molecule has 0 atom stereocenters. The number of hydrogen-bond donors (Lipinski definition) is 2. The lowest BCUT2D eigenvalue weighted by atomic mass is 10.2. The monoisotopic (exact) mass is 380 g/mol. The lowest BCUT2D eigenvalue weighted by Gasteiger charge is -2.13. The number of hydrazine groups is 1. The number of thiophene rings is 1. The molecule has 27 heavy (non-hydrogen) atoms. The Labute approximate surface area is 162 Å². The van der Waals surface area contributed by atoms with Crippen LogP contribution in [0.15, 0.2) is 78.7 Å². The second kappa shape index (κ2) is 9.45. The maximum absolute atomic E-state index is 12.5. The van der Waals surface area contributed by atoms with Crippen molar-refractivity contribution in [3.8, 4) is 11.5 Å². The van der Waals surface area contributed by atoms with Crippen LogP contribution < -0.4 is 20.3 Å². The molecule has 2 N–H and O–H groups in total. The number of nitrogens with one attached hydrogen (secondary N) is 2. The minimum Gasteiger partial charge on any atom is -0.490 e. The Morgan fingerprint density at radius 3 is 2.41 bits per heavy atom. The highest BCUT2D eigenvalue weighted by Gasteiger charge is 2.12. The van der Waals surface area contributed by atoms with Crippen molar-refractivity contribution in [3.63, 3.8) is 0 Å². The first kappa shape index (κ1) is 18.5. The van der Waals surface area contributed by atoms with Crippen LogP contribution in [0, 0.1) is 0 Å². The van der Waals surface area contributed by atoms with Crippen LogP contribution in [-0.2, 0) is 0 Å². The first-order valence-electron chi connectivity index (χ1n) is 8.43. The smallest absolute Gasteiger partial charge is 0.273 e. The van der Waals surface area contributed by atoms with Gasteiger partial charge in [0.2, 0.25) is 0 Å². The van der Waals surface area contributed by atoms with Crippen molar-refractivity contribution in [1.82, 2.24) is 10.9 Å². The van der Waals surface area contributed by atoms with E-state index in [1.165, 1.54) is 0 Å². The van der Waals surface area contributed by atoms with Gasteiger partial charge in [-0.05, 0) is 35.7 Å². The maximum atomic E-state index is 12.5. The highest BCUT2D eigenvalue weighted by Crippen LogP contribution is 2.19. The third-order valence-corrected chi connectivity index (χ3v) is 4.56. The van der Waals surface area contributed by atoms with Crippen LogP contribution in [0.3, 0.4) is 0 Å². The molecular formula is C21H20N2O3S. The van der Waals surface area contributed by atoms with E-state index in [2.05, 4.69) is 17.4 Å². The molecule has 0 saturated heterocycles. The molecule has 0 saturated carbocycles. The Morgan fingerprint density at radius 2 is 1.63 bits per heavy atom. The van der Waals surface area contributed by atoms with Gasteiger partial charge in [-0.3, -0.25) is 15.6 Å². The fourth-order valence-electron chi connectivity index (χ4n) is 2.32. The molecule has 0 aliphatic heterocycles. The summed E-state index contributed by atoms with van der Waals surface area (Å²) in [6, 6.07) is 20.4. The van der Waals surface area contributed by atoms with Gasteiger partial charge in [0, 0.05) is 0 Å². The Bertz CT molecular complexity index is 879. The first-order chi connectivity index (χ1) is 13.2. The third kappa shape index (κ3) is 5.36. The second-order valence-corrected chi connectivity index (χ2v) is 6.49. The van der Waals surface area contributed by atoms with Crippen molar-refractivity contribution in [2.24, 2.45) is 0 Å². The molecular weight excluding hydrogens is 360 g/mol. The summed E-state index contributed by atoms with van der Waals surface area (Å²) >= 11 is 1.54. The van der Waals surface area contributed by atoms with E-state index < -0.39 is 0 Å². The summed E-state index contributed by atoms with van der Waals surface area (Å²) in [7, 11) is 0. The number of para-hydroxylation sites is 2. The van der Waals surface area contributed by atoms with Gasteiger partial charge in [0.15, 0.2) is 0 Å². The molecule has 0 spiro atoms. The zero-order valence-corrected chi connectivity index (χ0v) is 15.5. The normalized spacial score (nSPS) is 10.1. The van der Waals surface area contributed by atoms with Gasteiger partial charge >= 0.3 is 0 Å². The molecule has 0 unspecified atom stereocenters. The molecule has 1 aromatic heterocycles. The van der Waals surface area contributed by atoms with E-state index in [4.69, 9.17) is 9.47 Å². The number of benzene rings is 2. The highest BCUT2D eigenvalue weighted by atomic mass is 32.1. The van der Waals surface area contributed by atoms with Crippen LogP contribution in [0.2, 0.25) is 0 Å². The van der Waals surface area contributed by atoms with E-state index in [0.717, 1.165) is 10.6 Å². The number of carbonyl (C=O) groups is 1. The largest absolute Gasteiger partial charge is 0.490 e. The van der Waals surface area contributed by atoms with Gasteiger partial charge in [0.05, 0.1) is 16.1 Å². The van der Waals surface area contributed by atoms with Crippen LogP contribution in [-0.4, -0.2) is 19.1 Å². The van der Waals surface area contributed by atoms with Crippen molar-refractivity contribution < 1.29 is 14.3 Å². The fourth-order valence-corrected chi connectivity index (χ4v) is 2.97. The zero-order chi connectivity index (χ0) is 18.9. The maximum Gasteiger partial charge on any atom is 0.273 e. The van der Waals surface area contributed by atoms with E-state index in [0.29, 0.717) is 30.2 Å². The van der Waals surface area contributed by atoms with Crippen LogP contribution in [0.25, 0.3) is 5.70 Å². The predicted molar refractivity (Wildman–Crippen MR) is 108 cm³/mol. The Kier molecular flexibility index (Phi) is 6.49. The van der Waals surface area contributed by atoms with Gasteiger partial charge < -0.3 is 9.47 Å². The summed E-state index contributed by atoms with van der Waals surface area (Å²) in [4.78, 5) is 13.4.